The van der Waals surface area contributed by atoms with Gasteiger partial charge in [0.2, 0.25) is 0 Å². The van der Waals surface area contributed by atoms with Gasteiger partial charge in [-0.05, 0) is 26.7 Å². The molecule has 104 valence electrons. The maximum atomic E-state index is 12.0. The molecule has 2 bridgehead atoms. The van der Waals surface area contributed by atoms with Crippen LogP contribution in [-0.2, 0) is 4.74 Å². The van der Waals surface area contributed by atoms with Gasteiger partial charge in [-0.15, -0.1) is 12.4 Å². The minimum atomic E-state index is -0.153. The Morgan fingerprint density at radius 1 is 1.33 bits per heavy atom. The number of hydrogen-bond acceptors (Lipinski definition) is 3. The van der Waals surface area contributed by atoms with Crippen LogP contribution in [0.1, 0.15) is 46.0 Å². The van der Waals surface area contributed by atoms with Crippen LogP contribution in [0.15, 0.2) is 0 Å². The molecular weight excluding hydrogens is 252 g/mol. The molecule has 18 heavy (non-hydrogen) atoms. The third-order valence-electron chi connectivity index (χ3n) is 4.54. The number of nitrogens with zero attached hydrogens (tertiary/aromatic N) is 1. The van der Waals surface area contributed by atoms with E-state index >= 15 is 0 Å². The van der Waals surface area contributed by atoms with Gasteiger partial charge in [-0.2, -0.15) is 0 Å². The van der Waals surface area contributed by atoms with Crippen molar-refractivity contribution in [2.24, 2.45) is 0 Å². The lowest BCUT2D eigenvalue weighted by Crippen LogP contribution is -2.57. The second-order valence-electron chi connectivity index (χ2n) is 6.13. The number of hydrogen-bond donors (Lipinski definition) is 1. The minimum absolute atomic E-state index is 0. The third-order valence-corrected chi connectivity index (χ3v) is 4.54. The Morgan fingerprint density at radius 3 is 2.44 bits per heavy atom. The van der Waals surface area contributed by atoms with Crippen molar-refractivity contribution < 1.29 is 9.53 Å². The molecule has 0 aromatic rings. The summed E-state index contributed by atoms with van der Waals surface area (Å²) in [5, 5.41) is 3.61. The number of rotatable bonds is 1. The van der Waals surface area contributed by atoms with Crippen LogP contribution < -0.4 is 5.32 Å². The van der Waals surface area contributed by atoms with Crippen molar-refractivity contribution in [1.29, 1.82) is 0 Å². The zero-order chi connectivity index (χ0) is 12.0. The molecule has 3 aliphatic rings. The summed E-state index contributed by atoms with van der Waals surface area (Å²) in [5.74, 6) is 0. The molecular formula is C13H23ClN2O2. The monoisotopic (exact) mass is 274 g/mol. The summed E-state index contributed by atoms with van der Waals surface area (Å²) in [6.07, 6.45) is 5.43. The number of halogens is 1. The average Bonchev–Trinajstić information content (AvgIpc) is 2.58. The van der Waals surface area contributed by atoms with E-state index in [9.17, 15) is 4.79 Å². The first kappa shape index (κ1) is 13.9. The number of carbonyl (C=O) groups is 1. The molecule has 5 heteroatoms. The van der Waals surface area contributed by atoms with Gasteiger partial charge in [0.15, 0.2) is 0 Å². The Bertz CT molecular complexity index is 323. The molecule has 3 aliphatic heterocycles. The van der Waals surface area contributed by atoms with Gasteiger partial charge in [0, 0.05) is 43.9 Å². The van der Waals surface area contributed by atoms with Crippen molar-refractivity contribution in [1.82, 2.24) is 10.2 Å². The highest BCUT2D eigenvalue weighted by molar-refractivity contribution is 5.85. The zero-order valence-electron chi connectivity index (χ0n) is 11.1. The Balaban J connectivity index is 0.00000120. The highest BCUT2D eigenvalue weighted by Gasteiger charge is 2.49. The second-order valence-corrected chi connectivity index (χ2v) is 6.13. The largest absolute Gasteiger partial charge is 0.443 e. The number of piperidine rings is 1. The van der Waals surface area contributed by atoms with Crippen LogP contribution in [0.4, 0.5) is 4.79 Å². The fourth-order valence-electron chi connectivity index (χ4n) is 3.67. The summed E-state index contributed by atoms with van der Waals surface area (Å²) >= 11 is 0. The summed E-state index contributed by atoms with van der Waals surface area (Å²) in [7, 11) is 0. The Labute approximate surface area is 115 Å². The highest BCUT2D eigenvalue weighted by atomic mass is 35.5. The summed E-state index contributed by atoms with van der Waals surface area (Å²) < 4.78 is 5.82. The quantitative estimate of drug-likeness (QED) is 0.798. The van der Waals surface area contributed by atoms with Gasteiger partial charge in [-0.25, -0.2) is 4.79 Å². The van der Waals surface area contributed by atoms with Crippen molar-refractivity contribution >= 4 is 18.5 Å². The maximum absolute atomic E-state index is 12.0. The Kier molecular flexibility index (Phi) is 3.79. The van der Waals surface area contributed by atoms with Crippen LogP contribution >= 0.6 is 12.4 Å². The van der Waals surface area contributed by atoms with Gasteiger partial charge in [0.25, 0.3) is 0 Å². The predicted molar refractivity (Wildman–Crippen MR) is 72.1 cm³/mol. The Hall–Kier alpha value is -0.480. The van der Waals surface area contributed by atoms with E-state index in [0.29, 0.717) is 12.1 Å². The number of nitrogens with one attached hydrogen (secondary N) is 1. The van der Waals surface area contributed by atoms with Crippen LogP contribution in [0, 0.1) is 0 Å². The van der Waals surface area contributed by atoms with Crippen LogP contribution in [0.5, 0.6) is 0 Å². The SMILES string of the molecule is CC(C)N1CCC2(C[C@H]3CC[C@@H](C2)N3)OC1=O.Cl. The van der Waals surface area contributed by atoms with E-state index in [-0.39, 0.29) is 30.1 Å². The van der Waals surface area contributed by atoms with Gasteiger partial charge < -0.3 is 15.0 Å². The average molecular weight is 275 g/mol. The maximum Gasteiger partial charge on any atom is 0.410 e. The highest BCUT2D eigenvalue weighted by Crippen LogP contribution is 2.41. The first-order valence-corrected chi connectivity index (χ1v) is 6.84. The van der Waals surface area contributed by atoms with Crippen LogP contribution in [-0.4, -0.2) is 41.3 Å². The molecule has 0 saturated carbocycles. The van der Waals surface area contributed by atoms with Gasteiger partial charge in [-0.3, -0.25) is 0 Å². The minimum Gasteiger partial charge on any atom is -0.443 e. The number of ether oxygens (including phenoxy) is 1. The van der Waals surface area contributed by atoms with Crippen molar-refractivity contribution in [2.45, 2.75) is 69.7 Å². The summed E-state index contributed by atoms with van der Waals surface area (Å²) in [6, 6.07) is 1.40. The molecule has 1 unspecified atom stereocenters. The van der Waals surface area contributed by atoms with Crippen LogP contribution in [0.3, 0.4) is 0 Å². The zero-order valence-corrected chi connectivity index (χ0v) is 12.0. The number of fused-ring (bicyclic) bond motifs is 2. The molecule has 0 aromatic carbocycles. The van der Waals surface area contributed by atoms with E-state index in [1.165, 1.54) is 12.8 Å². The van der Waals surface area contributed by atoms with Crippen LogP contribution in [0.2, 0.25) is 0 Å². The summed E-state index contributed by atoms with van der Waals surface area (Å²) in [5.41, 5.74) is -0.153. The van der Waals surface area contributed by atoms with Crippen molar-refractivity contribution in [3.05, 3.63) is 0 Å². The molecule has 1 amide bonds. The van der Waals surface area contributed by atoms with E-state index in [4.69, 9.17) is 4.74 Å². The third kappa shape index (κ3) is 2.32. The smallest absolute Gasteiger partial charge is 0.410 e. The van der Waals surface area contributed by atoms with Crippen LogP contribution in [0.25, 0.3) is 0 Å². The van der Waals surface area contributed by atoms with E-state index in [0.717, 1.165) is 25.8 Å². The molecule has 3 saturated heterocycles. The normalized spacial score (nSPS) is 38.8. The molecule has 0 radical (unpaired) electrons. The molecule has 3 fully saturated rings. The lowest BCUT2D eigenvalue weighted by Gasteiger charge is -2.46. The number of amides is 1. The van der Waals surface area contributed by atoms with Crippen molar-refractivity contribution in [3.8, 4) is 0 Å². The first-order chi connectivity index (χ1) is 8.08. The fourth-order valence-corrected chi connectivity index (χ4v) is 3.67. The van der Waals surface area contributed by atoms with Crippen molar-refractivity contribution in [2.75, 3.05) is 6.54 Å². The van der Waals surface area contributed by atoms with Gasteiger partial charge >= 0.3 is 6.09 Å². The first-order valence-electron chi connectivity index (χ1n) is 6.84. The molecule has 1 N–H and O–H groups in total. The molecule has 4 nitrogen and oxygen atoms in total. The predicted octanol–water partition coefficient (Wildman–Crippen LogP) is 2.31. The van der Waals surface area contributed by atoms with Crippen molar-refractivity contribution in [3.63, 3.8) is 0 Å². The molecule has 3 rings (SSSR count). The molecule has 3 atom stereocenters. The Morgan fingerprint density at radius 2 is 1.94 bits per heavy atom. The van der Waals surface area contributed by atoms with Gasteiger partial charge in [0.05, 0.1) is 0 Å². The second kappa shape index (κ2) is 4.89. The molecule has 1 spiro atoms. The lowest BCUT2D eigenvalue weighted by atomic mass is 9.83. The molecule has 0 aromatic heterocycles. The summed E-state index contributed by atoms with van der Waals surface area (Å²) in [4.78, 5) is 13.9. The summed E-state index contributed by atoms with van der Waals surface area (Å²) in [6.45, 7) is 4.95. The van der Waals surface area contributed by atoms with E-state index in [2.05, 4.69) is 5.32 Å². The van der Waals surface area contributed by atoms with E-state index in [1.807, 2.05) is 18.7 Å². The van der Waals surface area contributed by atoms with E-state index < -0.39 is 0 Å². The fraction of sp³-hybridized carbons (Fsp3) is 0.923. The van der Waals surface area contributed by atoms with Gasteiger partial charge in [-0.1, -0.05) is 0 Å². The lowest BCUT2D eigenvalue weighted by molar-refractivity contribution is -0.0789. The number of carbonyl (C=O) groups excluding carboxylic acids is 1. The molecule has 0 aliphatic carbocycles. The van der Waals surface area contributed by atoms with E-state index in [1.54, 1.807) is 0 Å². The molecule has 3 heterocycles. The topological polar surface area (TPSA) is 41.6 Å². The standard InChI is InChI=1S/C13H22N2O2.ClH/c1-9(2)15-6-5-13(17-12(15)16)7-10-3-4-11(8-13)14-10;/h9-11,14H,3-8H2,1-2H3;1H/t10-,11+,13?;. The van der Waals surface area contributed by atoms with Gasteiger partial charge in [0.1, 0.15) is 5.60 Å².